The molecule has 0 bridgehead atoms. The minimum atomic E-state index is -1.36. The van der Waals surface area contributed by atoms with Crippen molar-refractivity contribution in [3.05, 3.63) is 48.0 Å². The Balaban J connectivity index is 1.58. The molecule has 1 aliphatic rings. The molecule has 2 aromatic carbocycles. The number of carbonyl (C=O) groups is 6. The molecule has 1 aliphatic carbocycles. The zero-order valence-corrected chi connectivity index (χ0v) is 23.1. The van der Waals surface area contributed by atoms with Gasteiger partial charge in [0.1, 0.15) is 12.1 Å². The lowest BCUT2D eigenvalue weighted by Crippen LogP contribution is -2.56. The number of carbonyl (C=O) groups excluding carboxylic acids is 5. The van der Waals surface area contributed by atoms with Gasteiger partial charge in [-0.1, -0.05) is 75.6 Å². The van der Waals surface area contributed by atoms with E-state index in [-0.39, 0.29) is 12.3 Å². The van der Waals surface area contributed by atoms with Gasteiger partial charge in [-0.15, -0.1) is 0 Å². The minimum absolute atomic E-state index is 0.132. The second kappa shape index (κ2) is 14.2. The summed E-state index contributed by atoms with van der Waals surface area (Å²) in [5.74, 6) is -4.47. The molecule has 0 saturated heterocycles. The van der Waals surface area contributed by atoms with Gasteiger partial charge in [0.25, 0.3) is 5.91 Å². The Morgan fingerprint density at radius 2 is 1.63 bits per heavy atom. The Hall–Kier alpha value is -4.48. The number of Topliss-reactive ketones (excluding diaryl/α,β-unsaturated/α-hetero) is 1. The van der Waals surface area contributed by atoms with Crippen LogP contribution in [-0.4, -0.2) is 65.3 Å². The van der Waals surface area contributed by atoms with Gasteiger partial charge < -0.3 is 32.1 Å². The maximum absolute atomic E-state index is 13.0. The minimum Gasteiger partial charge on any atom is -0.465 e. The lowest BCUT2D eigenvalue weighted by Gasteiger charge is -2.25. The molecule has 0 radical (unpaired) electrons. The van der Waals surface area contributed by atoms with Crippen LogP contribution in [0.15, 0.2) is 42.5 Å². The summed E-state index contributed by atoms with van der Waals surface area (Å²) in [6, 6.07) is 9.97. The number of ketones is 1. The molecule has 1 unspecified atom stereocenters. The van der Waals surface area contributed by atoms with Crippen molar-refractivity contribution < 1.29 is 33.9 Å². The van der Waals surface area contributed by atoms with Crippen LogP contribution in [0.5, 0.6) is 0 Å². The maximum Gasteiger partial charge on any atom is 0.405 e. The summed E-state index contributed by atoms with van der Waals surface area (Å²) in [5.41, 5.74) is 6.27. The van der Waals surface area contributed by atoms with Crippen LogP contribution in [0, 0.1) is 11.8 Å². The average molecular weight is 568 g/mol. The van der Waals surface area contributed by atoms with E-state index < -0.39 is 66.1 Å². The zero-order chi connectivity index (χ0) is 30.1. The van der Waals surface area contributed by atoms with Crippen molar-refractivity contribution in [3.8, 4) is 0 Å². The molecule has 3 rings (SSSR count). The molecule has 12 heteroatoms. The third kappa shape index (κ3) is 9.30. The summed E-state index contributed by atoms with van der Waals surface area (Å²) in [5, 5.41) is 20.5. The highest BCUT2D eigenvalue weighted by molar-refractivity contribution is 6.38. The van der Waals surface area contributed by atoms with Crippen LogP contribution in [0.2, 0.25) is 0 Å². The number of hydrogen-bond acceptors (Lipinski definition) is 6. The van der Waals surface area contributed by atoms with E-state index in [0.29, 0.717) is 12.8 Å². The fraction of sp³-hybridized carbons (Fsp3) is 0.448. The first-order chi connectivity index (χ1) is 19.5. The fourth-order valence-corrected chi connectivity index (χ4v) is 4.48. The largest absolute Gasteiger partial charge is 0.465 e. The van der Waals surface area contributed by atoms with Gasteiger partial charge in [0, 0.05) is 6.42 Å². The molecule has 5 amide bonds. The van der Waals surface area contributed by atoms with Crippen LogP contribution in [0.4, 0.5) is 4.79 Å². The van der Waals surface area contributed by atoms with Crippen LogP contribution in [0.3, 0.4) is 0 Å². The van der Waals surface area contributed by atoms with Crippen LogP contribution >= 0.6 is 0 Å². The third-order valence-electron chi connectivity index (χ3n) is 7.24. The predicted octanol–water partition coefficient (Wildman–Crippen LogP) is 1.00. The molecular weight excluding hydrogens is 530 g/mol. The van der Waals surface area contributed by atoms with Crippen molar-refractivity contribution in [2.75, 3.05) is 6.54 Å². The van der Waals surface area contributed by atoms with Gasteiger partial charge in [0.2, 0.25) is 23.5 Å². The smallest absolute Gasteiger partial charge is 0.405 e. The number of nitrogens with two attached hydrogens (primary N) is 1. The van der Waals surface area contributed by atoms with Crippen molar-refractivity contribution in [2.24, 2.45) is 17.6 Å². The lowest BCUT2D eigenvalue weighted by molar-refractivity contribution is -0.141. The second-order valence-electron chi connectivity index (χ2n) is 10.5. The Kier molecular flexibility index (Phi) is 10.8. The normalized spacial score (nSPS) is 15.6. The first-order valence-corrected chi connectivity index (χ1v) is 13.7. The fourth-order valence-electron chi connectivity index (χ4n) is 4.48. The molecule has 220 valence electrons. The lowest BCUT2D eigenvalue weighted by atomic mass is 9.94. The van der Waals surface area contributed by atoms with Crippen LogP contribution in [-0.2, 0) is 30.4 Å². The zero-order valence-electron chi connectivity index (χ0n) is 23.1. The van der Waals surface area contributed by atoms with Gasteiger partial charge in [-0.05, 0) is 34.6 Å². The number of amides is 5. The van der Waals surface area contributed by atoms with E-state index in [1.807, 2.05) is 42.5 Å². The highest BCUT2D eigenvalue weighted by Crippen LogP contribution is 2.33. The summed E-state index contributed by atoms with van der Waals surface area (Å²) in [4.78, 5) is 74.2. The topological polar surface area (TPSA) is 197 Å². The van der Waals surface area contributed by atoms with E-state index in [9.17, 15) is 28.8 Å². The molecule has 0 heterocycles. The summed E-state index contributed by atoms with van der Waals surface area (Å²) >= 11 is 0. The number of rotatable bonds is 15. The number of hydrogen-bond donors (Lipinski definition) is 6. The van der Waals surface area contributed by atoms with E-state index >= 15 is 0 Å². The van der Waals surface area contributed by atoms with Gasteiger partial charge in [0.15, 0.2) is 0 Å². The van der Waals surface area contributed by atoms with E-state index in [1.165, 1.54) is 0 Å². The van der Waals surface area contributed by atoms with Crippen molar-refractivity contribution in [3.63, 3.8) is 0 Å². The Morgan fingerprint density at radius 3 is 2.24 bits per heavy atom. The van der Waals surface area contributed by atoms with Crippen molar-refractivity contribution >= 4 is 46.3 Å². The van der Waals surface area contributed by atoms with Crippen molar-refractivity contribution in [1.82, 2.24) is 21.3 Å². The van der Waals surface area contributed by atoms with Gasteiger partial charge >= 0.3 is 6.09 Å². The Bertz CT molecular complexity index is 1310. The van der Waals surface area contributed by atoms with Crippen LogP contribution in [0.1, 0.15) is 45.1 Å². The summed E-state index contributed by atoms with van der Waals surface area (Å²) < 4.78 is 0. The molecule has 12 nitrogen and oxygen atoms in total. The number of carboxylic acid groups (broad SMARTS) is 1. The Morgan fingerprint density at radius 1 is 0.951 bits per heavy atom. The molecule has 7 N–H and O–H groups in total. The van der Waals surface area contributed by atoms with Gasteiger partial charge in [0.05, 0.1) is 12.6 Å². The molecule has 0 aromatic heterocycles. The highest BCUT2D eigenvalue weighted by atomic mass is 16.4. The summed E-state index contributed by atoms with van der Waals surface area (Å²) in [6.45, 7) is 2.85. The molecule has 1 saturated carbocycles. The molecule has 41 heavy (non-hydrogen) atoms. The first-order valence-electron chi connectivity index (χ1n) is 13.7. The summed E-state index contributed by atoms with van der Waals surface area (Å²) in [6.07, 6.45) is 1.29. The van der Waals surface area contributed by atoms with Crippen molar-refractivity contribution in [1.29, 1.82) is 0 Å². The monoisotopic (exact) mass is 567 g/mol. The quantitative estimate of drug-likeness (QED) is 0.173. The molecular formula is C29H37N5O7. The average Bonchev–Trinajstić information content (AvgIpc) is 3.76. The predicted molar refractivity (Wildman–Crippen MR) is 150 cm³/mol. The molecule has 0 spiro atoms. The number of nitrogens with one attached hydrogen (secondary N) is 4. The first kappa shape index (κ1) is 31.1. The molecule has 0 aliphatic heterocycles. The van der Waals surface area contributed by atoms with E-state index in [1.54, 1.807) is 13.8 Å². The molecule has 1 fully saturated rings. The molecule has 4 atom stereocenters. The standard InChI is InChI=1S/C29H37N5O7/c1-3-16(2)24(34-27(38)22(33-29(40)41)13-17-8-9-17)25(36)28(39)31-15-23(35)32-21(26(30)37)14-18-10-11-19-6-4-5-7-20(19)12-18/h4-7,10-12,16-17,21-22,24,33H,3,8-9,13-15H2,1-2H3,(H2,30,37)(H,31,39)(H,32,35)(H,34,38)(H,40,41)/t16-,21-,22-,24?/m0/s1. The Labute approximate surface area is 237 Å². The maximum atomic E-state index is 13.0. The SMILES string of the molecule is CC[C@H](C)C(NC(=O)[C@H](CC1CC1)NC(=O)O)C(=O)C(=O)NCC(=O)N[C@@H](Cc1ccc2ccccc2c1)C(N)=O. The van der Waals surface area contributed by atoms with Crippen molar-refractivity contribution in [2.45, 2.75) is 64.1 Å². The number of primary amides is 1. The van der Waals surface area contributed by atoms with Crippen LogP contribution in [0.25, 0.3) is 10.8 Å². The van der Waals surface area contributed by atoms with E-state index in [2.05, 4.69) is 21.3 Å². The van der Waals surface area contributed by atoms with Crippen LogP contribution < -0.4 is 27.0 Å². The van der Waals surface area contributed by atoms with Gasteiger partial charge in [-0.2, -0.15) is 0 Å². The number of benzene rings is 2. The van der Waals surface area contributed by atoms with Gasteiger partial charge in [-0.25, -0.2) is 4.79 Å². The van der Waals surface area contributed by atoms with E-state index in [4.69, 9.17) is 10.8 Å². The third-order valence-corrected chi connectivity index (χ3v) is 7.24. The second-order valence-corrected chi connectivity index (χ2v) is 10.5. The van der Waals surface area contributed by atoms with Gasteiger partial charge in [-0.3, -0.25) is 24.0 Å². The highest BCUT2D eigenvalue weighted by Gasteiger charge is 2.35. The summed E-state index contributed by atoms with van der Waals surface area (Å²) in [7, 11) is 0. The van der Waals surface area contributed by atoms with E-state index in [0.717, 1.165) is 29.2 Å². The molecule has 2 aromatic rings. The number of fused-ring (bicyclic) bond motifs is 1.